The van der Waals surface area contributed by atoms with Crippen LogP contribution in [0.1, 0.15) is 47.2 Å². The van der Waals surface area contributed by atoms with Crippen molar-refractivity contribution in [3.05, 3.63) is 71.3 Å². The van der Waals surface area contributed by atoms with E-state index in [-0.39, 0.29) is 23.3 Å². The summed E-state index contributed by atoms with van der Waals surface area (Å²) in [5, 5.41) is 12.1. The van der Waals surface area contributed by atoms with E-state index in [2.05, 4.69) is 5.32 Å². The number of ketones is 1. The van der Waals surface area contributed by atoms with E-state index in [9.17, 15) is 19.5 Å². The second kappa shape index (κ2) is 9.51. The van der Waals surface area contributed by atoms with E-state index in [4.69, 9.17) is 0 Å². The van der Waals surface area contributed by atoms with Crippen molar-refractivity contribution in [1.29, 1.82) is 0 Å². The quantitative estimate of drug-likeness (QED) is 0.536. The Kier molecular flexibility index (Phi) is 7.09. The molecule has 0 spiro atoms. The zero-order chi connectivity index (χ0) is 18.9. The minimum atomic E-state index is -1.15. The molecule has 0 heterocycles. The van der Waals surface area contributed by atoms with Crippen LogP contribution in [-0.4, -0.2) is 29.3 Å². The highest BCUT2D eigenvalue weighted by Gasteiger charge is 2.30. The Morgan fingerprint density at radius 1 is 1.00 bits per heavy atom. The molecule has 136 valence electrons. The maximum atomic E-state index is 12.6. The Labute approximate surface area is 153 Å². The van der Waals surface area contributed by atoms with Gasteiger partial charge in [-0.2, -0.15) is 0 Å². The van der Waals surface area contributed by atoms with Crippen LogP contribution in [-0.2, 0) is 16.0 Å². The Balaban J connectivity index is 2.06. The molecule has 2 aromatic rings. The fourth-order valence-electron chi connectivity index (χ4n) is 2.86. The molecule has 0 radical (unpaired) electrons. The largest absolute Gasteiger partial charge is 0.478 e. The van der Waals surface area contributed by atoms with Crippen LogP contribution in [0.3, 0.4) is 0 Å². The van der Waals surface area contributed by atoms with E-state index in [0.717, 1.165) is 12.8 Å². The number of carboxylic acid groups (broad SMARTS) is 1. The van der Waals surface area contributed by atoms with Crippen LogP contribution in [0.25, 0.3) is 0 Å². The Morgan fingerprint density at radius 2 is 1.65 bits per heavy atom. The molecule has 0 aromatic heterocycles. The topological polar surface area (TPSA) is 83.5 Å². The lowest BCUT2D eigenvalue weighted by molar-refractivity contribution is -0.130. The molecule has 26 heavy (non-hydrogen) atoms. The average Bonchev–Trinajstić information content (AvgIpc) is 2.66. The molecule has 2 aromatic carbocycles. The number of hydrogen-bond acceptors (Lipinski definition) is 3. The second-order valence-electron chi connectivity index (χ2n) is 6.03. The lowest BCUT2D eigenvalue weighted by Crippen LogP contribution is -2.35. The SMILES string of the molecule is CCC(=O)[C@@H](C(=O)NCCCc1ccccc1)c1ccccc1C(=O)O. The Morgan fingerprint density at radius 3 is 2.31 bits per heavy atom. The number of aromatic carboxylic acids is 1. The van der Waals surface area contributed by atoms with E-state index >= 15 is 0 Å². The summed E-state index contributed by atoms with van der Waals surface area (Å²) >= 11 is 0. The predicted molar refractivity (Wildman–Crippen MR) is 99.2 cm³/mol. The lowest BCUT2D eigenvalue weighted by Gasteiger charge is -2.17. The highest BCUT2D eigenvalue weighted by molar-refractivity contribution is 6.08. The van der Waals surface area contributed by atoms with Crippen LogP contribution < -0.4 is 5.32 Å². The fraction of sp³-hybridized carbons (Fsp3) is 0.286. The van der Waals surface area contributed by atoms with Gasteiger partial charge >= 0.3 is 5.97 Å². The number of rotatable bonds is 9. The summed E-state index contributed by atoms with van der Waals surface area (Å²) in [5.41, 5.74) is 1.41. The first kappa shape index (κ1) is 19.4. The second-order valence-corrected chi connectivity index (χ2v) is 6.03. The molecule has 0 unspecified atom stereocenters. The van der Waals surface area contributed by atoms with Gasteiger partial charge in [0.1, 0.15) is 11.7 Å². The maximum absolute atomic E-state index is 12.6. The first-order valence-electron chi connectivity index (χ1n) is 8.71. The molecule has 0 saturated heterocycles. The zero-order valence-electron chi connectivity index (χ0n) is 14.8. The van der Waals surface area contributed by atoms with Gasteiger partial charge in [-0.3, -0.25) is 9.59 Å². The molecule has 0 fully saturated rings. The minimum Gasteiger partial charge on any atom is -0.478 e. The van der Waals surface area contributed by atoms with Crippen LogP contribution >= 0.6 is 0 Å². The van der Waals surface area contributed by atoms with Gasteiger partial charge in [-0.25, -0.2) is 4.79 Å². The third-order valence-corrected chi connectivity index (χ3v) is 4.22. The van der Waals surface area contributed by atoms with Gasteiger partial charge < -0.3 is 10.4 Å². The van der Waals surface area contributed by atoms with Crippen molar-refractivity contribution in [2.75, 3.05) is 6.54 Å². The van der Waals surface area contributed by atoms with E-state index < -0.39 is 17.8 Å². The molecule has 5 nitrogen and oxygen atoms in total. The Bertz CT molecular complexity index is 771. The van der Waals surface area contributed by atoms with Crippen LogP contribution in [0.4, 0.5) is 0 Å². The summed E-state index contributed by atoms with van der Waals surface area (Å²) in [6.07, 6.45) is 1.72. The summed E-state index contributed by atoms with van der Waals surface area (Å²) in [6, 6.07) is 16.1. The first-order chi connectivity index (χ1) is 12.5. The number of carbonyl (C=O) groups excluding carboxylic acids is 2. The van der Waals surface area contributed by atoms with Gasteiger partial charge in [-0.1, -0.05) is 55.5 Å². The van der Waals surface area contributed by atoms with Crippen LogP contribution in [0.15, 0.2) is 54.6 Å². The lowest BCUT2D eigenvalue weighted by atomic mass is 9.88. The molecule has 0 aliphatic carbocycles. The maximum Gasteiger partial charge on any atom is 0.336 e. The highest BCUT2D eigenvalue weighted by Crippen LogP contribution is 2.23. The van der Waals surface area contributed by atoms with Crippen LogP contribution in [0, 0.1) is 0 Å². The van der Waals surface area contributed by atoms with Gasteiger partial charge in [0.15, 0.2) is 0 Å². The van der Waals surface area contributed by atoms with Gasteiger partial charge in [-0.15, -0.1) is 0 Å². The van der Waals surface area contributed by atoms with Crippen molar-refractivity contribution in [3.8, 4) is 0 Å². The number of Topliss-reactive ketones (excluding diaryl/α,β-unsaturated/α-hetero) is 1. The average molecular weight is 353 g/mol. The number of carboxylic acids is 1. The molecular formula is C21H23NO4. The minimum absolute atomic E-state index is 0.0151. The number of hydrogen-bond donors (Lipinski definition) is 2. The third kappa shape index (κ3) is 5.02. The summed E-state index contributed by atoms with van der Waals surface area (Å²) in [5.74, 6) is -2.98. The van der Waals surface area contributed by atoms with Crippen LogP contribution in [0.5, 0.6) is 0 Å². The van der Waals surface area contributed by atoms with Crippen molar-refractivity contribution in [1.82, 2.24) is 5.32 Å². The molecule has 0 aliphatic rings. The standard InChI is InChI=1S/C21H23NO4/c1-2-18(23)19(16-12-6-7-13-17(16)21(25)26)20(24)22-14-8-11-15-9-4-3-5-10-15/h3-7,9-10,12-13,19H,2,8,11,14H2,1H3,(H,22,24)(H,25,26)/t19-/m0/s1. The van der Waals surface area contributed by atoms with Crippen molar-refractivity contribution >= 4 is 17.7 Å². The first-order valence-corrected chi connectivity index (χ1v) is 8.71. The van der Waals surface area contributed by atoms with Gasteiger partial charge in [0.25, 0.3) is 0 Å². The van der Waals surface area contributed by atoms with Gasteiger partial charge in [0, 0.05) is 13.0 Å². The molecular weight excluding hydrogens is 330 g/mol. The summed E-state index contributed by atoms with van der Waals surface area (Å²) < 4.78 is 0. The van der Waals surface area contributed by atoms with Crippen molar-refractivity contribution in [2.24, 2.45) is 0 Å². The molecule has 2 N–H and O–H groups in total. The smallest absolute Gasteiger partial charge is 0.336 e. The molecule has 5 heteroatoms. The van der Waals surface area contributed by atoms with E-state index in [1.165, 1.54) is 17.7 Å². The number of nitrogens with one attached hydrogen (secondary N) is 1. The number of benzene rings is 2. The van der Waals surface area contributed by atoms with Crippen LogP contribution in [0.2, 0.25) is 0 Å². The summed E-state index contributed by atoms with van der Waals surface area (Å²) in [4.78, 5) is 36.4. The summed E-state index contributed by atoms with van der Waals surface area (Å²) in [7, 11) is 0. The van der Waals surface area contributed by atoms with E-state index in [1.807, 2.05) is 30.3 Å². The van der Waals surface area contributed by atoms with Gasteiger partial charge in [-0.05, 0) is 30.0 Å². The highest BCUT2D eigenvalue weighted by atomic mass is 16.4. The molecule has 0 saturated carbocycles. The number of amides is 1. The monoisotopic (exact) mass is 353 g/mol. The predicted octanol–water partition coefficient (Wildman–Crippen LogP) is 3.20. The molecule has 1 atom stereocenters. The van der Waals surface area contributed by atoms with Crippen molar-refractivity contribution in [3.63, 3.8) is 0 Å². The molecule has 2 rings (SSSR count). The molecule has 0 aliphatic heterocycles. The number of carbonyl (C=O) groups is 3. The number of aryl methyl sites for hydroxylation is 1. The normalized spacial score (nSPS) is 11.6. The Hall–Kier alpha value is -2.95. The van der Waals surface area contributed by atoms with E-state index in [1.54, 1.807) is 19.1 Å². The third-order valence-electron chi connectivity index (χ3n) is 4.22. The van der Waals surface area contributed by atoms with E-state index in [0.29, 0.717) is 6.54 Å². The molecule has 1 amide bonds. The zero-order valence-corrected chi connectivity index (χ0v) is 14.8. The van der Waals surface area contributed by atoms with Crippen molar-refractivity contribution in [2.45, 2.75) is 32.1 Å². The molecule has 0 bridgehead atoms. The van der Waals surface area contributed by atoms with Gasteiger partial charge in [0.05, 0.1) is 5.56 Å². The van der Waals surface area contributed by atoms with Crippen molar-refractivity contribution < 1.29 is 19.5 Å². The van der Waals surface area contributed by atoms with Gasteiger partial charge in [0.2, 0.25) is 5.91 Å². The fourth-order valence-corrected chi connectivity index (χ4v) is 2.86. The summed E-state index contributed by atoms with van der Waals surface area (Å²) in [6.45, 7) is 2.10.